The zero-order chi connectivity index (χ0) is 20.2. The van der Waals surface area contributed by atoms with E-state index in [0.29, 0.717) is 17.3 Å². The van der Waals surface area contributed by atoms with Crippen molar-refractivity contribution in [1.29, 1.82) is 0 Å². The molecule has 4 rings (SSSR count). The Kier molecular flexibility index (Phi) is 6.09. The van der Waals surface area contributed by atoms with Gasteiger partial charge in [0.15, 0.2) is 5.82 Å². The molecule has 1 amide bonds. The number of likely N-dealkylation sites (tertiary alicyclic amines) is 1. The van der Waals surface area contributed by atoms with Crippen LogP contribution in [0.2, 0.25) is 0 Å². The third-order valence-electron chi connectivity index (χ3n) is 6.22. The molecular weight excluding hydrogens is 362 g/mol. The minimum absolute atomic E-state index is 0.0735. The van der Waals surface area contributed by atoms with Gasteiger partial charge in [-0.3, -0.25) is 4.79 Å². The van der Waals surface area contributed by atoms with E-state index in [1.165, 1.54) is 0 Å². The summed E-state index contributed by atoms with van der Waals surface area (Å²) < 4.78 is 0. The van der Waals surface area contributed by atoms with Crippen molar-refractivity contribution in [3.63, 3.8) is 0 Å². The molecule has 0 N–H and O–H groups in total. The first-order chi connectivity index (χ1) is 14.2. The number of nitrogens with zero attached hydrogens (tertiary/aromatic N) is 5. The summed E-state index contributed by atoms with van der Waals surface area (Å²) in [5.74, 6) is 2.24. The lowest BCUT2D eigenvalue weighted by atomic mass is 9.99. The summed E-state index contributed by atoms with van der Waals surface area (Å²) in [4.78, 5) is 29.5. The molecule has 6 nitrogen and oxygen atoms in total. The topological polar surface area (TPSA) is 52.6 Å². The first-order valence-electron chi connectivity index (χ1n) is 10.8. The molecule has 154 valence electrons. The van der Waals surface area contributed by atoms with Crippen LogP contribution in [0.25, 0.3) is 11.4 Å². The predicted molar refractivity (Wildman–Crippen MR) is 116 cm³/mol. The molecule has 2 aliphatic heterocycles. The van der Waals surface area contributed by atoms with Gasteiger partial charge in [-0.15, -0.1) is 0 Å². The number of piperidine rings is 1. The number of amides is 1. The van der Waals surface area contributed by atoms with Crippen molar-refractivity contribution >= 4 is 11.7 Å². The SMILES string of the molecule is CCN1CCN(c2nc(-c3ccccc3)ncc2C(=O)N2CCC(C)CC2)CC1. The summed E-state index contributed by atoms with van der Waals surface area (Å²) in [7, 11) is 0. The van der Waals surface area contributed by atoms with Crippen molar-refractivity contribution in [2.75, 3.05) is 50.7 Å². The summed E-state index contributed by atoms with van der Waals surface area (Å²) in [5, 5.41) is 0. The normalized spacial score (nSPS) is 18.8. The molecule has 0 spiro atoms. The maximum Gasteiger partial charge on any atom is 0.259 e. The Morgan fingerprint density at radius 2 is 1.72 bits per heavy atom. The Balaban J connectivity index is 1.65. The van der Waals surface area contributed by atoms with Crippen LogP contribution in [0.5, 0.6) is 0 Å². The van der Waals surface area contributed by atoms with Crippen molar-refractivity contribution in [3.8, 4) is 11.4 Å². The third-order valence-corrected chi connectivity index (χ3v) is 6.22. The lowest BCUT2D eigenvalue weighted by molar-refractivity contribution is 0.0697. The summed E-state index contributed by atoms with van der Waals surface area (Å²) in [6.45, 7) is 10.9. The van der Waals surface area contributed by atoms with E-state index in [4.69, 9.17) is 4.98 Å². The fourth-order valence-electron chi connectivity index (χ4n) is 4.15. The molecule has 2 saturated heterocycles. The van der Waals surface area contributed by atoms with Gasteiger partial charge in [-0.25, -0.2) is 9.97 Å². The highest BCUT2D eigenvalue weighted by Crippen LogP contribution is 2.26. The van der Waals surface area contributed by atoms with E-state index >= 15 is 0 Å². The fraction of sp³-hybridized carbons (Fsp3) is 0.522. The maximum atomic E-state index is 13.3. The van der Waals surface area contributed by atoms with Gasteiger partial charge in [0.05, 0.1) is 0 Å². The minimum Gasteiger partial charge on any atom is -0.353 e. The second-order valence-electron chi connectivity index (χ2n) is 8.19. The van der Waals surface area contributed by atoms with Crippen LogP contribution in [0.3, 0.4) is 0 Å². The van der Waals surface area contributed by atoms with E-state index in [2.05, 4.69) is 28.6 Å². The summed E-state index contributed by atoms with van der Waals surface area (Å²) in [5.41, 5.74) is 1.62. The molecule has 0 atom stereocenters. The van der Waals surface area contributed by atoms with Crippen LogP contribution in [0.1, 0.15) is 37.0 Å². The first kappa shape index (κ1) is 19.8. The average molecular weight is 394 g/mol. The minimum atomic E-state index is 0.0735. The molecule has 0 aliphatic carbocycles. The predicted octanol–water partition coefficient (Wildman–Crippen LogP) is 3.16. The number of likely N-dealkylation sites (N-methyl/N-ethyl adjacent to an activating group) is 1. The number of hydrogen-bond acceptors (Lipinski definition) is 5. The molecule has 2 fully saturated rings. The van der Waals surface area contributed by atoms with Crippen LogP contribution in [0, 0.1) is 5.92 Å². The van der Waals surface area contributed by atoms with E-state index in [1.807, 2.05) is 35.2 Å². The number of aromatic nitrogens is 2. The number of piperazine rings is 1. The van der Waals surface area contributed by atoms with E-state index < -0.39 is 0 Å². The molecule has 1 aromatic carbocycles. The first-order valence-corrected chi connectivity index (χ1v) is 10.8. The second kappa shape index (κ2) is 8.91. The van der Waals surface area contributed by atoms with E-state index in [1.54, 1.807) is 6.20 Å². The molecule has 0 saturated carbocycles. The Morgan fingerprint density at radius 3 is 2.38 bits per heavy atom. The molecule has 2 aromatic rings. The zero-order valence-electron chi connectivity index (χ0n) is 17.5. The van der Waals surface area contributed by atoms with E-state index in [9.17, 15) is 4.79 Å². The van der Waals surface area contributed by atoms with Crippen LogP contribution in [-0.4, -0.2) is 71.5 Å². The van der Waals surface area contributed by atoms with Crippen molar-refractivity contribution in [3.05, 3.63) is 42.1 Å². The highest BCUT2D eigenvalue weighted by atomic mass is 16.2. The van der Waals surface area contributed by atoms with Crippen molar-refractivity contribution in [2.24, 2.45) is 5.92 Å². The van der Waals surface area contributed by atoms with E-state index in [0.717, 1.165) is 70.0 Å². The Labute approximate surface area is 173 Å². The second-order valence-corrected chi connectivity index (χ2v) is 8.19. The molecule has 0 unspecified atom stereocenters. The summed E-state index contributed by atoms with van der Waals surface area (Å²) >= 11 is 0. The van der Waals surface area contributed by atoms with Crippen LogP contribution in [-0.2, 0) is 0 Å². The maximum absolute atomic E-state index is 13.3. The third kappa shape index (κ3) is 4.42. The van der Waals surface area contributed by atoms with Crippen LogP contribution < -0.4 is 4.90 Å². The van der Waals surface area contributed by atoms with Gasteiger partial charge in [0, 0.05) is 51.0 Å². The van der Waals surface area contributed by atoms with Gasteiger partial charge in [-0.05, 0) is 25.3 Å². The van der Waals surface area contributed by atoms with Gasteiger partial charge < -0.3 is 14.7 Å². The van der Waals surface area contributed by atoms with E-state index in [-0.39, 0.29) is 5.91 Å². The summed E-state index contributed by atoms with van der Waals surface area (Å²) in [6, 6.07) is 10.0. The van der Waals surface area contributed by atoms with Gasteiger partial charge in [0.25, 0.3) is 5.91 Å². The number of carbonyl (C=O) groups is 1. The fourth-order valence-corrected chi connectivity index (χ4v) is 4.15. The van der Waals surface area contributed by atoms with Crippen molar-refractivity contribution < 1.29 is 4.79 Å². The van der Waals surface area contributed by atoms with Gasteiger partial charge in [-0.2, -0.15) is 0 Å². The Hall–Kier alpha value is -2.47. The molecule has 3 heterocycles. The average Bonchev–Trinajstić information content (AvgIpc) is 2.79. The standard InChI is InChI=1S/C23H31N5O/c1-3-26-13-15-27(16-14-26)22-20(23(29)28-11-9-18(2)10-12-28)17-24-21(25-22)19-7-5-4-6-8-19/h4-8,17-18H,3,9-16H2,1-2H3. The molecule has 2 aliphatic rings. The molecule has 0 radical (unpaired) electrons. The van der Waals surface area contributed by atoms with Crippen LogP contribution in [0.4, 0.5) is 5.82 Å². The van der Waals surface area contributed by atoms with Gasteiger partial charge >= 0.3 is 0 Å². The zero-order valence-corrected chi connectivity index (χ0v) is 17.5. The van der Waals surface area contributed by atoms with Gasteiger partial charge in [0.2, 0.25) is 0 Å². The smallest absolute Gasteiger partial charge is 0.259 e. The molecular formula is C23H31N5O. The highest BCUT2D eigenvalue weighted by molar-refractivity contribution is 5.99. The number of rotatable bonds is 4. The van der Waals surface area contributed by atoms with Gasteiger partial charge in [0.1, 0.15) is 11.4 Å². The highest BCUT2D eigenvalue weighted by Gasteiger charge is 2.28. The monoisotopic (exact) mass is 393 g/mol. The Morgan fingerprint density at radius 1 is 1.03 bits per heavy atom. The van der Waals surface area contributed by atoms with Crippen molar-refractivity contribution in [1.82, 2.24) is 19.8 Å². The molecule has 1 aromatic heterocycles. The van der Waals surface area contributed by atoms with Crippen molar-refractivity contribution in [2.45, 2.75) is 26.7 Å². The molecule has 29 heavy (non-hydrogen) atoms. The van der Waals surface area contributed by atoms with Crippen LogP contribution >= 0.6 is 0 Å². The largest absolute Gasteiger partial charge is 0.353 e. The lowest BCUT2D eigenvalue weighted by Gasteiger charge is -2.36. The molecule has 0 bridgehead atoms. The number of anilines is 1. The Bertz CT molecular complexity index is 824. The van der Waals surface area contributed by atoms with Gasteiger partial charge in [-0.1, -0.05) is 44.2 Å². The number of hydrogen-bond donors (Lipinski definition) is 0. The lowest BCUT2D eigenvalue weighted by Crippen LogP contribution is -2.47. The quantitative estimate of drug-likeness (QED) is 0.799. The van der Waals surface area contributed by atoms with Crippen LogP contribution in [0.15, 0.2) is 36.5 Å². The number of benzene rings is 1. The number of carbonyl (C=O) groups excluding carboxylic acids is 1. The summed E-state index contributed by atoms with van der Waals surface area (Å²) in [6.07, 6.45) is 3.88. The molecule has 6 heteroatoms.